The Bertz CT molecular complexity index is 775. The Morgan fingerprint density at radius 1 is 1.08 bits per heavy atom. The van der Waals surface area contributed by atoms with Crippen molar-refractivity contribution in [3.63, 3.8) is 0 Å². The van der Waals surface area contributed by atoms with Crippen LogP contribution in [-0.4, -0.2) is 45.8 Å². The molecule has 0 N–H and O–H groups in total. The molecule has 2 saturated heterocycles. The van der Waals surface area contributed by atoms with Gasteiger partial charge >= 0.3 is 0 Å². The first-order valence-corrected chi connectivity index (χ1v) is 9.38. The van der Waals surface area contributed by atoms with Crippen LogP contribution in [0.4, 0.5) is 8.78 Å². The summed E-state index contributed by atoms with van der Waals surface area (Å²) in [7, 11) is 1.94. The maximum absolute atomic E-state index is 14.0. The van der Waals surface area contributed by atoms with Gasteiger partial charge in [-0.05, 0) is 43.8 Å². The van der Waals surface area contributed by atoms with Crippen molar-refractivity contribution < 1.29 is 8.78 Å². The lowest BCUT2D eigenvalue weighted by Gasteiger charge is -2.40. The van der Waals surface area contributed by atoms with Crippen LogP contribution >= 0.6 is 0 Å². The summed E-state index contributed by atoms with van der Waals surface area (Å²) >= 11 is 0. The lowest BCUT2D eigenvalue weighted by molar-refractivity contribution is 0.0856. The third-order valence-electron chi connectivity index (χ3n) is 5.85. The normalized spacial score (nSPS) is 24.6. The average Bonchev–Trinajstić information content (AvgIpc) is 3.19. The molecule has 4 nitrogen and oxygen atoms in total. The molecular formula is C20H26F2N4. The molecular weight excluding hydrogens is 334 g/mol. The van der Waals surface area contributed by atoms with E-state index in [-0.39, 0.29) is 5.41 Å². The van der Waals surface area contributed by atoms with Crippen molar-refractivity contribution in [1.82, 2.24) is 19.6 Å². The number of likely N-dealkylation sites (tertiary alicyclic amines) is 2. The van der Waals surface area contributed by atoms with Gasteiger partial charge < -0.3 is 0 Å². The standard InChI is InChI=1S/C20H26F2N4/c1-24-11-16(10-23-24)12-26-9-7-20(15-26)6-3-8-25(14-20)13-17-4-2-5-18(21)19(17)22/h2,4-5,10-11H,3,6-9,12-15H2,1H3. The molecule has 0 amide bonds. The number of hydrogen-bond acceptors (Lipinski definition) is 3. The van der Waals surface area contributed by atoms with Crippen molar-refractivity contribution in [2.24, 2.45) is 12.5 Å². The van der Waals surface area contributed by atoms with E-state index in [9.17, 15) is 8.78 Å². The van der Waals surface area contributed by atoms with Crippen molar-refractivity contribution >= 4 is 0 Å². The van der Waals surface area contributed by atoms with Crippen LogP contribution in [0.25, 0.3) is 0 Å². The summed E-state index contributed by atoms with van der Waals surface area (Å²) in [6.45, 7) is 5.52. The zero-order valence-electron chi connectivity index (χ0n) is 15.3. The Morgan fingerprint density at radius 2 is 1.88 bits per heavy atom. The van der Waals surface area contributed by atoms with Crippen LogP contribution in [0.5, 0.6) is 0 Å². The number of aryl methyl sites for hydroxylation is 1. The van der Waals surface area contributed by atoms with Crippen LogP contribution in [0.15, 0.2) is 30.6 Å². The van der Waals surface area contributed by atoms with Gasteiger partial charge in [-0.15, -0.1) is 0 Å². The molecule has 1 unspecified atom stereocenters. The van der Waals surface area contributed by atoms with Gasteiger partial charge in [-0.2, -0.15) is 5.10 Å². The number of aromatic nitrogens is 2. The first-order valence-electron chi connectivity index (χ1n) is 9.38. The Kier molecular flexibility index (Phi) is 4.80. The summed E-state index contributed by atoms with van der Waals surface area (Å²) in [5.41, 5.74) is 2.00. The van der Waals surface area contributed by atoms with Gasteiger partial charge in [0.05, 0.1) is 6.20 Å². The third kappa shape index (κ3) is 3.67. The molecule has 140 valence electrons. The van der Waals surface area contributed by atoms with Gasteiger partial charge in [0.1, 0.15) is 0 Å². The first kappa shape index (κ1) is 17.6. The van der Waals surface area contributed by atoms with Gasteiger partial charge in [-0.3, -0.25) is 14.5 Å². The van der Waals surface area contributed by atoms with Crippen molar-refractivity contribution in [2.45, 2.75) is 32.4 Å². The zero-order chi connectivity index (χ0) is 18.1. The van der Waals surface area contributed by atoms with Crippen LogP contribution in [0, 0.1) is 17.0 Å². The molecule has 2 fully saturated rings. The molecule has 26 heavy (non-hydrogen) atoms. The van der Waals surface area contributed by atoms with Crippen LogP contribution < -0.4 is 0 Å². The summed E-state index contributed by atoms with van der Waals surface area (Å²) in [5, 5.41) is 4.25. The number of benzene rings is 1. The quantitative estimate of drug-likeness (QED) is 0.837. The minimum absolute atomic E-state index is 0.282. The zero-order valence-corrected chi connectivity index (χ0v) is 15.3. The molecule has 1 aromatic carbocycles. The van der Waals surface area contributed by atoms with E-state index in [1.165, 1.54) is 24.5 Å². The highest BCUT2D eigenvalue weighted by molar-refractivity contribution is 5.19. The van der Waals surface area contributed by atoms with E-state index in [0.29, 0.717) is 12.1 Å². The molecule has 0 radical (unpaired) electrons. The van der Waals surface area contributed by atoms with Gasteiger partial charge in [0.25, 0.3) is 0 Å². The molecule has 1 atom stereocenters. The highest BCUT2D eigenvalue weighted by Gasteiger charge is 2.41. The summed E-state index contributed by atoms with van der Waals surface area (Å²) < 4.78 is 29.3. The summed E-state index contributed by atoms with van der Waals surface area (Å²) in [6, 6.07) is 4.48. The second kappa shape index (κ2) is 7.08. The predicted octanol–water partition coefficient (Wildman–Crippen LogP) is 3.19. The van der Waals surface area contributed by atoms with Crippen molar-refractivity contribution in [3.8, 4) is 0 Å². The average molecular weight is 360 g/mol. The van der Waals surface area contributed by atoms with E-state index in [1.807, 2.05) is 17.9 Å². The second-order valence-electron chi connectivity index (χ2n) is 8.01. The van der Waals surface area contributed by atoms with E-state index in [0.717, 1.165) is 39.1 Å². The minimum Gasteiger partial charge on any atom is -0.298 e. The maximum atomic E-state index is 14.0. The Hall–Kier alpha value is -1.79. The molecule has 2 aromatic rings. The fourth-order valence-electron chi connectivity index (χ4n) is 4.66. The molecule has 1 aromatic heterocycles. The largest absolute Gasteiger partial charge is 0.298 e. The Balaban J connectivity index is 1.39. The molecule has 3 heterocycles. The number of nitrogens with zero attached hydrogens (tertiary/aromatic N) is 4. The van der Waals surface area contributed by atoms with Crippen molar-refractivity contribution in [1.29, 1.82) is 0 Å². The molecule has 0 aliphatic carbocycles. The van der Waals surface area contributed by atoms with Gasteiger partial charge in [0, 0.05) is 50.6 Å². The van der Waals surface area contributed by atoms with E-state index in [4.69, 9.17) is 0 Å². The van der Waals surface area contributed by atoms with Gasteiger partial charge in [-0.25, -0.2) is 8.78 Å². The molecule has 1 spiro atoms. The fourth-order valence-corrected chi connectivity index (χ4v) is 4.66. The molecule has 2 aliphatic rings. The summed E-state index contributed by atoms with van der Waals surface area (Å²) in [6.07, 6.45) is 7.53. The lowest BCUT2D eigenvalue weighted by Crippen LogP contribution is -2.44. The smallest absolute Gasteiger partial charge is 0.163 e. The van der Waals surface area contributed by atoms with Gasteiger partial charge in [0.2, 0.25) is 0 Å². The van der Waals surface area contributed by atoms with Crippen LogP contribution in [0.3, 0.4) is 0 Å². The number of rotatable bonds is 4. The van der Waals surface area contributed by atoms with Crippen LogP contribution in [0.1, 0.15) is 30.4 Å². The van der Waals surface area contributed by atoms with Gasteiger partial charge in [-0.1, -0.05) is 12.1 Å². The third-order valence-corrected chi connectivity index (χ3v) is 5.85. The van der Waals surface area contributed by atoms with Gasteiger partial charge in [0.15, 0.2) is 11.6 Å². The monoisotopic (exact) mass is 360 g/mol. The predicted molar refractivity (Wildman–Crippen MR) is 96.4 cm³/mol. The van der Waals surface area contributed by atoms with E-state index in [2.05, 4.69) is 21.1 Å². The van der Waals surface area contributed by atoms with E-state index < -0.39 is 11.6 Å². The molecule has 0 bridgehead atoms. The molecule has 4 rings (SSSR count). The van der Waals surface area contributed by atoms with Crippen LogP contribution in [-0.2, 0) is 20.1 Å². The highest BCUT2D eigenvalue weighted by Crippen LogP contribution is 2.39. The molecule has 2 aliphatic heterocycles. The summed E-state index contributed by atoms with van der Waals surface area (Å²) in [5.74, 6) is -1.45. The highest BCUT2D eigenvalue weighted by atomic mass is 19.2. The maximum Gasteiger partial charge on any atom is 0.163 e. The fraction of sp³-hybridized carbons (Fsp3) is 0.550. The Labute approximate surface area is 153 Å². The molecule has 0 saturated carbocycles. The number of piperidine rings is 1. The SMILES string of the molecule is Cn1cc(CN2CCC3(CCCN(Cc4cccc(F)c4F)C3)C2)cn1. The lowest BCUT2D eigenvalue weighted by atomic mass is 9.79. The van der Waals surface area contributed by atoms with Crippen LogP contribution in [0.2, 0.25) is 0 Å². The Morgan fingerprint density at radius 3 is 2.65 bits per heavy atom. The molecule has 6 heteroatoms. The van der Waals surface area contributed by atoms with Crippen molar-refractivity contribution in [3.05, 3.63) is 53.4 Å². The van der Waals surface area contributed by atoms with Crippen molar-refractivity contribution in [2.75, 3.05) is 26.2 Å². The minimum atomic E-state index is -0.752. The number of hydrogen-bond donors (Lipinski definition) is 0. The summed E-state index contributed by atoms with van der Waals surface area (Å²) in [4.78, 5) is 4.80. The first-order chi connectivity index (χ1) is 12.5. The topological polar surface area (TPSA) is 24.3 Å². The number of halogens is 2. The van der Waals surface area contributed by atoms with E-state index >= 15 is 0 Å². The van der Waals surface area contributed by atoms with E-state index in [1.54, 1.807) is 12.1 Å². The second-order valence-corrected chi connectivity index (χ2v) is 8.01.